The maximum atomic E-state index is 12.1. The second-order valence-electron chi connectivity index (χ2n) is 4.42. The van der Waals surface area contributed by atoms with Crippen LogP contribution >= 0.6 is 0 Å². The minimum Gasteiger partial charge on any atom is -0.395 e. The number of aliphatic hydroxyl groups excluding tert-OH is 1. The van der Waals surface area contributed by atoms with E-state index < -0.39 is 6.43 Å². The second kappa shape index (κ2) is 7.14. The molecule has 0 bridgehead atoms. The molecule has 2 N–H and O–H groups in total. The summed E-state index contributed by atoms with van der Waals surface area (Å²) in [7, 11) is 0. The summed E-state index contributed by atoms with van der Waals surface area (Å²) in [6, 6.07) is 0.512. The van der Waals surface area contributed by atoms with Gasteiger partial charge >= 0.3 is 0 Å². The predicted octanol–water partition coefficient (Wildman–Crippen LogP) is 1.08. The summed E-state index contributed by atoms with van der Waals surface area (Å²) >= 11 is 0. The summed E-state index contributed by atoms with van der Waals surface area (Å²) in [4.78, 5) is 1.81. The van der Waals surface area contributed by atoms with Crippen LogP contribution in [0.1, 0.15) is 26.2 Å². The molecule has 1 saturated heterocycles. The topological polar surface area (TPSA) is 35.5 Å². The molecule has 96 valence electrons. The average Bonchev–Trinajstić information content (AvgIpc) is 2.27. The Labute approximate surface area is 95.8 Å². The molecular formula is C11H22F2N2O. The van der Waals surface area contributed by atoms with E-state index in [2.05, 4.69) is 5.32 Å². The fourth-order valence-electron chi connectivity index (χ4n) is 2.11. The Hall–Kier alpha value is -0.260. The maximum absolute atomic E-state index is 12.1. The molecule has 1 atom stereocenters. The first-order chi connectivity index (χ1) is 7.65. The van der Waals surface area contributed by atoms with Crippen molar-refractivity contribution in [2.24, 2.45) is 0 Å². The van der Waals surface area contributed by atoms with Gasteiger partial charge in [0.15, 0.2) is 0 Å². The molecule has 0 aromatic heterocycles. The van der Waals surface area contributed by atoms with E-state index in [-0.39, 0.29) is 19.2 Å². The van der Waals surface area contributed by atoms with Crippen LogP contribution in [-0.2, 0) is 0 Å². The van der Waals surface area contributed by atoms with Crippen molar-refractivity contribution in [3.63, 3.8) is 0 Å². The molecule has 1 aliphatic rings. The van der Waals surface area contributed by atoms with Crippen molar-refractivity contribution in [3.8, 4) is 0 Å². The number of aliphatic hydroxyl groups is 1. The van der Waals surface area contributed by atoms with Crippen LogP contribution in [0.3, 0.4) is 0 Å². The lowest BCUT2D eigenvalue weighted by Gasteiger charge is -2.33. The molecule has 1 heterocycles. The fourth-order valence-corrected chi connectivity index (χ4v) is 2.11. The highest BCUT2D eigenvalue weighted by atomic mass is 19.3. The molecule has 5 heteroatoms. The maximum Gasteiger partial charge on any atom is 0.251 e. The van der Waals surface area contributed by atoms with Gasteiger partial charge in [0.1, 0.15) is 0 Å². The number of hydrogen-bond donors (Lipinski definition) is 2. The molecule has 0 aliphatic carbocycles. The summed E-state index contributed by atoms with van der Waals surface area (Å²) in [5, 5.41) is 12.4. The van der Waals surface area contributed by atoms with Crippen molar-refractivity contribution >= 4 is 0 Å². The SMILES string of the molecule is CCC(CO)NC1CCN(CC(F)F)CC1. The summed E-state index contributed by atoms with van der Waals surface area (Å²) in [5.41, 5.74) is 0. The van der Waals surface area contributed by atoms with Crippen molar-refractivity contribution in [3.05, 3.63) is 0 Å². The minimum atomic E-state index is -2.23. The largest absolute Gasteiger partial charge is 0.395 e. The fraction of sp³-hybridized carbons (Fsp3) is 1.00. The first kappa shape index (κ1) is 13.8. The van der Waals surface area contributed by atoms with Crippen LogP contribution in [0.5, 0.6) is 0 Å². The first-order valence-electron chi connectivity index (χ1n) is 6.03. The molecule has 1 unspecified atom stereocenters. The van der Waals surface area contributed by atoms with Gasteiger partial charge in [-0.15, -0.1) is 0 Å². The van der Waals surface area contributed by atoms with Gasteiger partial charge in [0.25, 0.3) is 6.43 Å². The molecule has 16 heavy (non-hydrogen) atoms. The van der Waals surface area contributed by atoms with Crippen molar-refractivity contribution in [2.75, 3.05) is 26.2 Å². The Morgan fingerprint density at radius 1 is 1.38 bits per heavy atom. The van der Waals surface area contributed by atoms with Crippen LogP contribution in [-0.4, -0.2) is 54.8 Å². The van der Waals surface area contributed by atoms with Crippen molar-refractivity contribution in [1.29, 1.82) is 0 Å². The van der Waals surface area contributed by atoms with E-state index in [0.29, 0.717) is 6.04 Å². The Balaban J connectivity index is 2.21. The molecule has 1 aliphatic heterocycles. The number of alkyl halides is 2. The zero-order valence-corrected chi connectivity index (χ0v) is 9.83. The minimum absolute atomic E-state index is 0.107. The van der Waals surface area contributed by atoms with Crippen molar-refractivity contribution in [2.45, 2.75) is 44.7 Å². The van der Waals surface area contributed by atoms with E-state index in [4.69, 9.17) is 5.11 Å². The van der Waals surface area contributed by atoms with Gasteiger partial charge < -0.3 is 10.4 Å². The van der Waals surface area contributed by atoms with Crippen LogP contribution in [0.25, 0.3) is 0 Å². The van der Waals surface area contributed by atoms with E-state index in [1.54, 1.807) is 0 Å². The van der Waals surface area contributed by atoms with Crippen LogP contribution < -0.4 is 5.32 Å². The summed E-state index contributed by atoms with van der Waals surface area (Å²) in [6.45, 7) is 3.52. The number of nitrogens with one attached hydrogen (secondary N) is 1. The van der Waals surface area contributed by atoms with Crippen LogP contribution in [0.2, 0.25) is 0 Å². The lowest BCUT2D eigenvalue weighted by molar-refractivity contribution is 0.0708. The molecule has 0 radical (unpaired) electrons. The van der Waals surface area contributed by atoms with Crippen LogP contribution in [0.4, 0.5) is 8.78 Å². The lowest BCUT2D eigenvalue weighted by atomic mass is 10.0. The predicted molar refractivity (Wildman–Crippen MR) is 59.8 cm³/mol. The number of halogens is 2. The smallest absolute Gasteiger partial charge is 0.251 e. The molecule has 0 aromatic carbocycles. The number of piperidine rings is 1. The quantitative estimate of drug-likeness (QED) is 0.724. The molecule has 3 nitrogen and oxygen atoms in total. The summed E-state index contributed by atoms with van der Waals surface area (Å²) in [5.74, 6) is 0. The molecular weight excluding hydrogens is 214 g/mol. The van der Waals surface area contributed by atoms with E-state index in [0.717, 1.165) is 32.4 Å². The molecule has 0 spiro atoms. The number of nitrogens with zero attached hydrogens (tertiary/aromatic N) is 1. The zero-order valence-electron chi connectivity index (χ0n) is 9.83. The Kier molecular flexibility index (Phi) is 6.16. The highest BCUT2D eigenvalue weighted by Crippen LogP contribution is 2.12. The summed E-state index contributed by atoms with van der Waals surface area (Å²) in [6.07, 6.45) is 0.450. The molecule has 1 rings (SSSR count). The van der Waals surface area contributed by atoms with Gasteiger partial charge in [-0.3, -0.25) is 4.90 Å². The highest BCUT2D eigenvalue weighted by Gasteiger charge is 2.22. The third kappa shape index (κ3) is 4.72. The van der Waals surface area contributed by atoms with Gasteiger partial charge in [0, 0.05) is 12.1 Å². The number of likely N-dealkylation sites (tertiary alicyclic amines) is 1. The molecule has 0 saturated carbocycles. The van der Waals surface area contributed by atoms with Gasteiger partial charge in [-0.1, -0.05) is 6.92 Å². The van der Waals surface area contributed by atoms with E-state index in [1.165, 1.54) is 0 Å². The van der Waals surface area contributed by atoms with Gasteiger partial charge in [-0.05, 0) is 32.4 Å². The normalized spacial score (nSPS) is 21.6. The lowest BCUT2D eigenvalue weighted by Crippen LogP contribution is -2.47. The standard InChI is InChI=1S/C11H22F2N2O/c1-2-9(8-16)14-10-3-5-15(6-4-10)7-11(12)13/h9-11,14,16H,2-8H2,1H3. The van der Waals surface area contributed by atoms with Crippen LogP contribution in [0, 0.1) is 0 Å². The van der Waals surface area contributed by atoms with Gasteiger partial charge in [0.05, 0.1) is 13.2 Å². The third-order valence-corrected chi connectivity index (χ3v) is 3.17. The third-order valence-electron chi connectivity index (χ3n) is 3.17. The van der Waals surface area contributed by atoms with E-state index in [9.17, 15) is 8.78 Å². The average molecular weight is 236 g/mol. The highest BCUT2D eigenvalue weighted by molar-refractivity contribution is 4.80. The van der Waals surface area contributed by atoms with Gasteiger partial charge in [-0.25, -0.2) is 8.78 Å². The van der Waals surface area contributed by atoms with Crippen LogP contribution in [0.15, 0.2) is 0 Å². The Morgan fingerprint density at radius 3 is 2.44 bits per heavy atom. The Morgan fingerprint density at radius 2 is 2.00 bits per heavy atom. The molecule has 0 amide bonds. The number of rotatable bonds is 6. The summed E-state index contributed by atoms with van der Waals surface area (Å²) < 4.78 is 24.3. The monoisotopic (exact) mass is 236 g/mol. The van der Waals surface area contributed by atoms with Gasteiger partial charge in [-0.2, -0.15) is 0 Å². The Bertz CT molecular complexity index is 181. The molecule has 1 fully saturated rings. The molecule has 0 aromatic rings. The van der Waals surface area contributed by atoms with E-state index >= 15 is 0 Å². The van der Waals surface area contributed by atoms with Gasteiger partial charge in [0.2, 0.25) is 0 Å². The zero-order chi connectivity index (χ0) is 12.0. The number of hydrogen-bond acceptors (Lipinski definition) is 3. The first-order valence-corrected chi connectivity index (χ1v) is 6.03. The van der Waals surface area contributed by atoms with Crippen molar-refractivity contribution < 1.29 is 13.9 Å². The van der Waals surface area contributed by atoms with E-state index in [1.807, 2.05) is 11.8 Å². The van der Waals surface area contributed by atoms with Crippen molar-refractivity contribution in [1.82, 2.24) is 10.2 Å². The second-order valence-corrected chi connectivity index (χ2v) is 4.42.